The maximum Gasteiger partial charge on any atom is 0.354 e. The van der Waals surface area contributed by atoms with Crippen LogP contribution in [0.25, 0.3) is 5.76 Å². The molecular formula is C27H35N3O6. The number of aromatic amines is 1. The zero-order chi connectivity index (χ0) is 26.6. The normalized spacial score (nSPS) is 17.2. The summed E-state index contributed by atoms with van der Waals surface area (Å²) in [6.45, 7) is 12.5. The van der Waals surface area contributed by atoms with Gasteiger partial charge in [-0.3, -0.25) is 9.59 Å². The van der Waals surface area contributed by atoms with E-state index >= 15 is 0 Å². The van der Waals surface area contributed by atoms with Gasteiger partial charge >= 0.3 is 5.97 Å². The second kappa shape index (κ2) is 11.4. The van der Waals surface area contributed by atoms with E-state index in [0.717, 1.165) is 13.1 Å². The Kier molecular flexibility index (Phi) is 8.57. The summed E-state index contributed by atoms with van der Waals surface area (Å²) >= 11 is 0. The number of ketones is 1. The van der Waals surface area contributed by atoms with Gasteiger partial charge in [0.1, 0.15) is 11.4 Å². The first-order chi connectivity index (χ1) is 17.2. The predicted molar refractivity (Wildman–Crippen MR) is 133 cm³/mol. The second-order valence-corrected chi connectivity index (χ2v) is 8.80. The van der Waals surface area contributed by atoms with E-state index < -0.39 is 29.5 Å². The molecule has 194 valence electrons. The van der Waals surface area contributed by atoms with Crippen LogP contribution in [0.1, 0.15) is 59.7 Å². The number of aromatic nitrogens is 1. The molecule has 1 aromatic heterocycles. The molecule has 1 fully saturated rings. The highest BCUT2D eigenvalue weighted by atomic mass is 16.5. The van der Waals surface area contributed by atoms with Crippen molar-refractivity contribution >= 4 is 23.4 Å². The lowest BCUT2D eigenvalue weighted by molar-refractivity contribution is -0.895. The van der Waals surface area contributed by atoms with Crippen LogP contribution in [0.15, 0.2) is 29.8 Å². The molecule has 9 heteroatoms. The first-order valence-electron chi connectivity index (χ1n) is 12.3. The molecule has 2 N–H and O–H groups in total. The Morgan fingerprint density at radius 2 is 1.75 bits per heavy atom. The quantitative estimate of drug-likeness (QED) is 0.219. The van der Waals surface area contributed by atoms with Gasteiger partial charge in [0.2, 0.25) is 5.78 Å². The highest BCUT2D eigenvalue weighted by Crippen LogP contribution is 2.40. The number of quaternary nitrogens is 1. The van der Waals surface area contributed by atoms with E-state index in [2.05, 4.69) is 18.8 Å². The first kappa shape index (κ1) is 27.0. The molecule has 1 aliphatic heterocycles. The van der Waals surface area contributed by atoms with Gasteiger partial charge in [-0.15, -0.1) is 0 Å². The third-order valence-electron chi connectivity index (χ3n) is 6.80. The van der Waals surface area contributed by atoms with Crippen LogP contribution < -0.4 is 14.7 Å². The summed E-state index contributed by atoms with van der Waals surface area (Å²) in [4.78, 5) is 44.4. The molecular weight excluding hydrogens is 462 g/mol. The summed E-state index contributed by atoms with van der Waals surface area (Å²) in [5, 5.41) is 13.9. The number of esters is 1. The Hall–Kier alpha value is -3.59. The van der Waals surface area contributed by atoms with Crippen molar-refractivity contribution in [3.63, 3.8) is 0 Å². The Morgan fingerprint density at radius 3 is 2.31 bits per heavy atom. The van der Waals surface area contributed by atoms with Crippen LogP contribution in [-0.4, -0.2) is 67.4 Å². The summed E-state index contributed by atoms with van der Waals surface area (Å²) in [5.74, 6) is -2.02. The van der Waals surface area contributed by atoms with E-state index in [0.29, 0.717) is 42.3 Å². The lowest BCUT2D eigenvalue weighted by Gasteiger charge is -2.29. The number of methoxy groups -OCH3 is 1. The lowest BCUT2D eigenvalue weighted by Crippen LogP contribution is -3.12. The minimum Gasteiger partial charge on any atom is -0.872 e. The molecule has 0 saturated carbocycles. The molecule has 0 bridgehead atoms. The standard InChI is InChI=1S/C27H35N3O6/c1-7-29(8-2)14-15-30-23(18-10-12-19(13-11-18)36-9-3)21(25(32)26(30)33)24(31)20-16(4)22(27(34)35-6)28-17(20)5/h10-13,23,28,31H,7-9,14-15H2,1-6H3. The summed E-state index contributed by atoms with van der Waals surface area (Å²) in [6, 6.07) is 6.26. The Bertz CT molecular complexity index is 1160. The van der Waals surface area contributed by atoms with E-state index in [1.54, 1.807) is 38.1 Å². The molecule has 1 aromatic carbocycles. The fourth-order valence-corrected chi connectivity index (χ4v) is 4.77. The summed E-state index contributed by atoms with van der Waals surface area (Å²) in [6.07, 6.45) is 0. The second-order valence-electron chi connectivity index (χ2n) is 8.80. The van der Waals surface area contributed by atoms with Gasteiger partial charge in [-0.25, -0.2) is 4.79 Å². The molecule has 36 heavy (non-hydrogen) atoms. The summed E-state index contributed by atoms with van der Waals surface area (Å²) < 4.78 is 10.4. The van der Waals surface area contributed by atoms with Crippen LogP contribution in [-0.2, 0) is 14.3 Å². The number of nitrogens with zero attached hydrogens (tertiary/aromatic N) is 1. The number of amides is 1. The number of ether oxygens (including phenoxy) is 2. The van der Waals surface area contributed by atoms with Gasteiger partial charge in [0.05, 0.1) is 45.9 Å². The van der Waals surface area contributed by atoms with Crippen LogP contribution in [0.4, 0.5) is 0 Å². The highest BCUT2D eigenvalue weighted by molar-refractivity contribution is 6.46. The number of hydrogen-bond donors (Lipinski definition) is 2. The molecule has 1 unspecified atom stereocenters. The minimum absolute atomic E-state index is 0.111. The number of rotatable bonds is 10. The highest BCUT2D eigenvalue weighted by Gasteiger charge is 2.44. The van der Waals surface area contributed by atoms with Crippen LogP contribution in [0.3, 0.4) is 0 Å². The molecule has 1 aliphatic rings. The number of nitrogens with one attached hydrogen (secondary N) is 2. The molecule has 2 aromatic rings. The maximum atomic E-state index is 13.9. The van der Waals surface area contributed by atoms with Crippen molar-refractivity contribution in [1.29, 1.82) is 0 Å². The van der Waals surface area contributed by atoms with Gasteiger partial charge in [-0.1, -0.05) is 17.9 Å². The smallest absolute Gasteiger partial charge is 0.354 e. The number of H-pyrrole nitrogens is 1. The number of hydrogen-bond acceptors (Lipinski definition) is 6. The van der Waals surface area contributed by atoms with Gasteiger partial charge in [0.15, 0.2) is 0 Å². The van der Waals surface area contributed by atoms with E-state index in [-0.39, 0.29) is 16.8 Å². The predicted octanol–water partition coefficient (Wildman–Crippen LogP) is 0.966. The molecule has 2 heterocycles. The molecule has 9 nitrogen and oxygen atoms in total. The van der Waals surface area contributed by atoms with E-state index in [1.807, 2.05) is 6.92 Å². The largest absolute Gasteiger partial charge is 0.872 e. The number of carbonyl (C=O) groups is 3. The van der Waals surface area contributed by atoms with E-state index in [1.165, 1.54) is 16.9 Å². The first-order valence-corrected chi connectivity index (χ1v) is 12.3. The van der Waals surface area contributed by atoms with Crippen molar-refractivity contribution in [3.8, 4) is 5.75 Å². The van der Waals surface area contributed by atoms with Crippen LogP contribution >= 0.6 is 0 Å². The Morgan fingerprint density at radius 1 is 1.11 bits per heavy atom. The third kappa shape index (κ3) is 5.02. The average Bonchev–Trinajstić information content (AvgIpc) is 3.31. The van der Waals surface area contributed by atoms with Crippen molar-refractivity contribution in [1.82, 2.24) is 9.88 Å². The fourth-order valence-electron chi connectivity index (χ4n) is 4.77. The Labute approximate surface area is 211 Å². The monoisotopic (exact) mass is 497 g/mol. The van der Waals surface area contributed by atoms with Crippen molar-refractivity contribution in [2.45, 2.75) is 40.7 Å². The molecule has 1 amide bonds. The van der Waals surface area contributed by atoms with Crippen molar-refractivity contribution in [2.75, 3.05) is 39.9 Å². The molecule has 1 saturated heterocycles. The molecule has 0 aliphatic carbocycles. The van der Waals surface area contributed by atoms with Crippen LogP contribution in [0, 0.1) is 13.8 Å². The van der Waals surface area contributed by atoms with Gasteiger partial charge in [0, 0.05) is 11.3 Å². The molecule has 3 rings (SSSR count). The van der Waals surface area contributed by atoms with Crippen molar-refractivity contribution < 1.29 is 33.9 Å². The zero-order valence-corrected chi connectivity index (χ0v) is 21.8. The number of Topliss-reactive ketones (excluding diaryl/α,β-unsaturated/α-hetero) is 1. The van der Waals surface area contributed by atoms with Gasteiger partial charge in [-0.2, -0.15) is 0 Å². The number of likely N-dealkylation sites (N-methyl/N-ethyl adjacent to an activating group) is 1. The number of aryl methyl sites for hydroxylation is 1. The van der Waals surface area contributed by atoms with Gasteiger partial charge in [0.25, 0.3) is 5.91 Å². The van der Waals surface area contributed by atoms with Crippen molar-refractivity contribution in [2.24, 2.45) is 0 Å². The van der Waals surface area contributed by atoms with E-state index in [9.17, 15) is 19.5 Å². The van der Waals surface area contributed by atoms with Gasteiger partial charge in [-0.05, 0) is 63.4 Å². The fraction of sp³-hybridized carbons (Fsp3) is 0.444. The van der Waals surface area contributed by atoms with Crippen molar-refractivity contribution in [3.05, 3.63) is 57.9 Å². The van der Waals surface area contributed by atoms with Gasteiger partial charge < -0.3 is 29.4 Å². The lowest BCUT2D eigenvalue weighted by atomic mass is 9.94. The SMILES string of the molecule is CCOc1ccc(C2C(=C([O-])c3c(C)[nH]c(C(=O)OC)c3C)C(=O)C(=O)N2CC[NH+](CC)CC)cc1. The maximum absolute atomic E-state index is 13.9. The molecule has 0 spiro atoms. The number of likely N-dealkylation sites (tertiary alicyclic amines) is 1. The molecule has 1 atom stereocenters. The number of benzene rings is 1. The minimum atomic E-state index is -0.835. The molecule has 0 radical (unpaired) electrons. The number of carbonyl (C=O) groups excluding carboxylic acids is 3. The average molecular weight is 498 g/mol. The zero-order valence-electron chi connectivity index (χ0n) is 21.8. The summed E-state index contributed by atoms with van der Waals surface area (Å²) in [5.41, 5.74) is 1.71. The van der Waals surface area contributed by atoms with Crippen LogP contribution in [0.2, 0.25) is 0 Å². The van der Waals surface area contributed by atoms with Crippen LogP contribution in [0.5, 0.6) is 5.75 Å². The third-order valence-corrected chi connectivity index (χ3v) is 6.80. The Balaban J connectivity index is 2.16. The van der Waals surface area contributed by atoms with E-state index in [4.69, 9.17) is 9.47 Å². The summed E-state index contributed by atoms with van der Waals surface area (Å²) in [7, 11) is 1.26. The topological polar surface area (TPSA) is 116 Å².